The summed E-state index contributed by atoms with van der Waals surface area (Å²) in [6.07, 6.45) is 2.12. The zero-order valence-corrected chi connectivity index (χ0v) is 18.5. The van der Waals surface area contributed by atoms with Crippen LogP contribution in [0.4, 0.5) is 4.79 Å². The van der Waals surface area contributed by atoms with Gasteiger partial charge in [-0.25, -0.2) is 4.79 Å². The highest BCUT2D eigenvalue weighted by atomic mass is 127. The summed E-state index contributed by atoms with van der Waals surface area (Å²) in [4.78, 5) is 34.9. The number of aliphatic hydroxyl groups excluding tert-OH is 1. The summed E-state index contributed by atoms with van der Waals surface area (Å²) in [5, 5.41) is 11.4. The molecule has 1 atom stereocenters. The Morgan fingerprint density at radius 2 is 2.03 bits per heavy atom. The van der Waals surface area contributed by atoms with E-state index in [-0.39, 0.29) is 31.6 Å². The lowest BCUT2D eigenvalue weighted by atomic mass is 9.95. The number of carbonyl (C=O) groups is 3. The molecular weight excluding hydrogens is 499 g/mol. The molecule has 8 heteroatoms. The highest BCUT2D eigenvalue weighted by Crippen LogP contribution is 2.46. The van der Waals surface area contributed by atoms with Crippen LogP contribution in [-0.2, 0) is 16.0 Å². The van der Waals surface area contributed by atoms with E-state index < -0.39 is 6.09 Å². The predicted octanol–water partition coefficient (Wildman–Crippen LogP) is 3.12. The molecule has 0 saturated heterocycles. The van der Waals surface area contributed by atoms with Gasteiger partial charge in [0.05, 0.1) is 29.5 Å². The second-order valence-electron chi connectivity index (χ2n) is 7.02. The minimum atomic E-state index is -0.512. The quantitative estimate of drug-likeness (QED) is 0.267. The number of nitrogens with one attached hydrogen (secondary N) is 2. The summed E-state index contributed by atoms with van der Waals surface area (Å²) in [6, 6.07) is 11.7. The monoisotopic (exact) mass is 522 g/mol. The Hall–Kier alpha value is -2.46. The van der Waals surface area contributed by atoms with E-state index in [0.29, 0.717) is 18.4 Å². The van der Waals surface area contributed by atoms with E-state index in [2.05, 4.69) is 14.9 Å². The van der Waals surface area contributed by atoms with Crippen LogP contribution in [0.5, 0.6) is 0 Å². The van der Waals surface area contributed by atoms with Crippen LogP contribution in [0.3, 0.4) is 0 Å². The number of aliphatic hydroxyl groups is 1. The molecule has 1 unspecified atom stereocenters. The van der Waals surface area contributed by atoms with Gasteiger partial charge in [0, 0.05) is 24.4 Å². The molecule has 2 aromatic rings. The van der Waals surface area contributed by atoms with Gasteiger partial charge in [-0.05, 0) is 40.7 Å². The third-order valence-corrected chi connectivity index (χ3v) is 5.59. The highest BCUT2D eigenvalue weighted by Gasteiger charge is 2.31. The molecule has 30 heavy (non-hydrogen) atoms. The zero-order valence-electron chi connectivity index (χ0n) is 16.3. The van der Waals surface area contributed by atoms with Crippen LogP contribution in [0.1, 0.15) is 45.8 Å². The molecule has 158 valence electrons. The molecule has 3 rings (SSSR count). The topological polar surface area (TPSA) is 105 Å². The smallest absolute Gasteiger partial charge is 0.415 e. The highest BCUT2D eigenvalue weighted by molar-refractivity contribution is 14.1. The molecule has 0 fully saturated rings. The van der Waals surface area contributed by atoms with Crippen molar-refractivity contribution >= 4 is 41.2 Å². The number of aldehydes is 1. The first-order valence-corrected chi connectivity index (χ1v) is 10.8. The van der Waals surface area contributed by atoms with E-state index in [1.54, 1.807) is 28.9 Å². The van der Waals surface area contributed by atoms with Gasteiger partial charge in [0.1, 0.15) is 6.61 Å². The first-order chi connectivity index (χ1) is 14.6. The Morgan fingerprint density at radius 1 is 1.20 bits per heavy atom. The van der Waals surface area contributed by atoms with Crippen LogP contribution in [0.2, 0.25) is 0 Å². The second kappa shape index (κ2) is 10.5. The number of carbonyl (C=O) groups excluding carboxylic acids is 3. The van der Waals surface area contributed by atoms with E-state index >= 15 is 0 Å². The van der Waals surface area contributed by atoms with Crippen molar-refractivity contribution in [3.8, 4) is 11.1 Å². The van der Waals surface area contributed by atoms with Gasteiger partial charge in [-0.15, -0.1) is 0 Å². The predicted molar refractivity (Wildman–Crippen MR) is 121 cm³/mol. The van der Waals surface area contributed by atoms with Crippen LogP contribution >= 0.6 is 22.9 Å². The van der Waals surface area contributed by atoms with Crippen molar-refractivity contribution in [3.05, 3.63) is 58.7 Å². The number of halogens is 1. The maximum atomic E-state index is 11.7. The average Bonchev–Trinajstić information content (AvgIpc) is 3.09. The normalized spacial score (nSPS) is 13.9. The summed E-state index contributed by atoms with van der Waals surface area (Å²) >= 11 is 1.73. The molecule has 2 amide bonds. The van der Waals surface area contributed by atoms with Gasteiger partial charge in [-0.2, -0.15) is 0 Å². The minimum Gasteiger partial charge on any atom is -0.448 e. The largest absolute Gasteiger partial charge is 0.448 e. The number of rotatable bonds is 9. The van der Waals surface area contributed by atoms with Crippen molar-refractivity contribution in [2.45, 2.75) is 25.2 Å². The maximum Gasteiger partial charge on any atom is 0.415 e. The summed E-state index contributed by atoms with van der Waals surface area (Å²) in [5.41, 5.74) is 5.54. The molecule has 0 radical (unpaired) electrons. The summed E-state index contributed by atoms with van der Waals surface area (Å²) in [5.74, 6) is -0.235. The first-order valence-electron chi connectivity index (χ1n) is 9.71. The Bertz CT molecular complexity index is 947. The molecule has 1 aliphatic carbocycles. The molecule has 7 nitrogen and oxygen atoms in total. The van der Waals surface area contributed by atoms with Gasteiger partial charge in [-0.1, -0.05) is 36.4 Å². The van der Waals surface area contributed by atoms with Crippen molar-refractivity contribution in [1.82, 2.24) is 8.85 Å². The maximum absolute atomic E-state index is 11.7. The van der Waals surface area contributed by atoms with E-state index in [0.717, 1.165) is 40.5 Å². The fraction of sp³-hybridized carbons (Fsp3) is 0.318. The van der Waals surface area contributed by atoms with Crippen molar-refractivity contribution in [2.75, 3.05) is 19.8 Å². The van der Waals surface area contributed by atoms with Crippen molar-refractivity contribution < 1.29 is 24.2 Å². The molecule has 0 aliphatic heterocycles. The second-order valence-corrected chi connectivity index (χ2v) is 7.56. The Kier molecular flexibility index (Phi) is 7.81. The summed E-state index contributed by atoms with van der Waals surface area (Å²) in [7, 11) is 0. The van der Waals surface area contributed by atoms with Crippen LogP contribution in [0.25, 0.3) is 11.1 Å². The molecule has 2 aromatic carbocycles. The molecule has 0 spiro atoms. The van der Waals surface area contributed by atoms with Crippen LogP contribution < -0.4 is 8.85 Å². The van der Waals surface area contributed by atoms with Gasteiger partial charge < -0.3 is 15.2 Å². The van der Waals surface area contributed by atoms with Gasteiger partial charge in [-0.3, -0.25) is 13.1 Å². The third kappa shape index (κ3) is 4.99. The fourth-order valence-corrected chi connectivity index (χ4v) is 4.00. The standard InChI is InChI=1S/C22H23IN2O5/c23-25-22(29)30-13-19-16-5-2-4-15(12-27)21(16)17-8-7-14(11-18(17)19)3-1-6-20(28)24-9-10-26/h2,4-5,7-8,11-12,19,26H,1,3,6,9-10,13H2,(H,24,28)(H,25,29). The van der Waals surface area contributed by atoms with E-state index in [9.17, 15) is 14.4 Å². The third-order valence-electron chi connectivity index (χ3n) is 5.15. The lowest BCUT2D eigenvalue weighted by Crippen LogP contribution is -2.26. The van der Waals surface area contributed by atoms with E-state index in [1.165, 1.54) is 0 Å². The summed E-state index contributed by atoms with van der Waals surface area (Å²) < 4.78 is 7.76. The van der Waals surface area contributed by atoms with Crippen molar-refractivity contribution in [2.24, 2.45) is 0 Å². The Labute approximate surface area is 188 Å². The number of hydrogen-bond acceptors (Lipinski definition) is 5. The molecule has 3 N–H and O–H groups in total. The lowest BCUT2D eigenvalue weighted by molar-refractivity contribution is -0.121. The van der Waals surface area contributed by atoms with Crippen LogP contribution in [0, 0.1) is 0 Å². The SMILES string of the molecule is O=Cc1cccc2c1-c1ccc(CCCC(=O)NCCO)cc1C2COC(=O)NI. The molecular formula is C22H23IN2O5. The van der Waals surface area contributed by atoms with Crippen LogP contribution in [0.15, 0.2) is 36.4 Å². The minimum absolute atomic E-state index is 0.0705. The first kappa shape index (κ1) is 22.2. The average molecular weight is 522 g/mol. The number of benzene rings is 2. The number of ether oxygens (including phenoxy) is 1. The summed E-state index contributed by atoms with van der Waals surface area (Å²) in [6.45, 7) is 0.366. The molecule has 1 aliphatic rings. The number of hydrogen-bond donors (Lipinski definition) is 3. The van der Waals surface area contributed by atoms with Gasteiger partial charge >= 0.3 is 6.09 Å². The van der Waals surface area contributed by atoms with Gasteiger partial charge in [0.2, 0.25) is 5.91 Å². The zero-order chi connectivity index (χ0) is 21.5. The lowest BCUT2D eigenvalue weighted by Gasteiger charge is -2.14. The van der Waals surface area contributed by atoms with Gasteiger partial charge in [0.25, 0.3) is 0 Å². The number of aryl methyl sites for hydroxylation is 1. The fourth-order valence-electron chi connectivity index (χ4n) is 3.84. The molecule has 0 bridgehead atoms. The molecule has 0 aromatic heterocycles. The number of amides is 2. The van der Waals surface area contributed by atoms with E-state index in [4.69, 9.17) is 9.84 Å². The van der Waals surface area contributed by atoms with Crippen LogP contribution in [-0.4, -0.2) is 43.2 Å². The Balaban J connectivity index is 1.82. The van der Waals surface area contributed by atoms with Crippen molar-refractivity contribution in [3.63, 3.8) is 0 Å². The molecule has 0 heterocycles. The van der Waals surface area contributed by atoms with Gasteiger partial charge in [0.15, 0.2) is 6.29 Å². The molecule has 0 saturated carbocycles. The van der Waals surface area contributed by atoms with E-state index in [1.807, 2.05) is 24.3 Å². The van der Waals surface area contributed by atoms with Crippen molar-refractivity contribution in [1.29, 1.82) is 0 Å². The number of fused-ring (bicyclic) bond motifs is 3. The Morgan fingerprint density at radius 3 is 2.77 bits per heavy atom.